The van der Waals surface area contributed by atoms with Crippen molar-refractivity contribution in [2.45, 2.75) is 27.8 Å². The highest BCUT2D eigenvalue weighted by Crippen LogP contribution is 2.35. The summed E-state index contributed by atoms with van der Waals surface area (Å²) in [6.07, 6.45) is 2.03. The summed E-state index contributed by atoms with van der Waals surface area (Å²) in [5.74, 6) is 1.73. The molecule has 3 aromatic rings. The number of hydrogen-bond donors (Lipinski definition) is 1. The second kappa shape index (κ2) is 8.02. The van der Waals surface area contributed by atoms with Crippen LogP contribution in [0.5, 0.6) is 5.75 Å². The maximum atomic E-state index is 13.3. The highest BCUT2D eigenvalue weighted by molar-refractivity contribution is 7.94. The van der Waals surface area contributed by atoms with Crippen molar-refractivity contribution < 1.29 is 17.7 Å². The van der Waals surface area contributed by atoms with Gasteiger partial charge in [0, 0.05) is 27.7 Å². The molecule has 1 atom stereocenters. The van der Waals surface area contributed by atoms with Gasteiger partial charge >= 0.3 is 0 Å². The normalized spacial score (nSPS) is 15.3. The van der Waals surface area contributed by atoms with Crippen LogP contribution >= 0.6 is 11.6 Å². The van der Waals surface area contributed by atoms with Crippen molar-refractivity contribution in [2.75, 3.05) is 12.9 Å². The third kappa shape index (κ3) is 4.30. The van der Waals surface area contributed by atoms with Crippen molar-refractivity contribution in [1.29, 1.82) is 0 Å². The van der Waals surface area contributed by atoms with Gasteiger partial charge in [-0.1, -0.05) is 23.7 Å². The average molecular weight is 451 g/mol. The monoisotopic (exact) mass is 450 g/mol. The number of H-pyrrole nitrogens is 1. The number of sulfone groups is 1. The quantitative estimate of drug-likeness (QED) is 0.547. The van der Waals surface area contributed by atoms with E-state index < -0.39 is 21.0 Å². The second-order valence-corrected chi connectivity index (χ2v) is 10.6. The Labute approximate surface area is 177 Å². The molecule has 4 rings (SSSR count). The second-order valence-electron chi connectivity index (χ2n) is 6.86. The van der Waals surface area contributed by atoms with E-state index in [-0.39, 0.29) is 14.9 Å². The van der Waals surface area contributed by atoms with Gasteiger partial charge in [0.15, 0.2) is 0 Å². The summed E-state index contributed by atoms with van der Waals surface area (Å²) >= 11 is 4.39. The first-order valence-corrected chi connectivity index (χ1v) is 12.2. The molecule has 1 aromatic heterocycles. The predicted octanol–water partition coefficient (Wildman–Crippen LogP) is 4.09. The van der Waals surface area contributed by atoms with E-state index in [4.69, 9.17) is 16.3 Å². The first-order valence-electron chi connectivity index (χ1n) is 9.02. The lowest BCUT2D eigenvalue weighted by molar-refractivity contribution is 0.415. The number of rotatable bonds is 7. The van der Waals surface area contributed by atoms with Crippen LogP contribution in [0.2, 0.25) is 5.02 Å². The summed E-state index contributed by atoms with van der Waals surface area (Å²) in [6, 6.07) is 12.9. The zero-order valence-electron chi connectivity index (χ0n) is 15.6. The number of nitrogens with zero attached hydrogens (tertiary/aromatic N) is 1. The summed E-state index contributed by atoms with van der Waals surface area (Å²) in [5.41, 5.74) is 0.645. The molecule has 1 unspecified atom stereocenters. The molecular formula is C20H19ClN2O4S2. The third-order valence-corrected chi connectivity index (χ3v) is 8.28. The number of aromatic nitrogens is 2. The minimum Gasteiger partial charge on any atom is -0.610 e. The highest BCUT2D eigenvalue weighted by atomic mass is 35.5. The van der Waals surface area contributed by atoms with Crippen molar-refractivity contribution in [2.24, 2.45) is 5.92 Å². The topological polar surface area (TPSA) is 95.1 Å². The maximum absolute atomic E-state index is 13.3. The smallest absolute Gasteiger partial charge is 0.262 e. The van der Waals surface area contributed by atoms with Gasteiger partial charge in [0.25, 0.3) is 5.03 Å². The van der Waals surface area contributed by atoms with E-state index in [2.05, 4.69) is 9.97 Å². The van der Waals surface area contributed by atoms with Crippen molar-refractivity contribution in [1.82, 2.24) is 9.97 Å². The summed E-state index contributed by atoms with van der Waals surface area (Å²) in [6.45, 7) is 0. The van der Waals surface area contributed by atoms with E-state index in [1.165, 1.54) is 24.3 Å². The van der Waals surface area contributed by atoms with Crippen LogP contribution in [0.3, 0.4) is 0 Å². The van der Waals surface area contributed by atoms with Gasteiger partial charge in [-0.25, -0.2) is 13.4 Å². The number of halogens is 1. The molecule has 2 aromatic carbocycles. The zero-order chi connectivity index (χ0) is 20.6. The van der Waals surface area contributed by atoms with E-state index >= 15 is 0 Å². The Morgan fingerprint density at radius 2 is 1.97 bits per heavy atom. The van der Waals surface area contributed by atoms with E-state index in [1.54, 1.807) is 31.4 Å². The first-order chi connectivity index (χ1) is 13.9. The molecule has 0 radical (unpaired) electrons. The lowest BCUT2D eigenvalue weighted by Crippen LogP contribution is -2.14. The molecule has 0 amide bonds. The summed E-state index contributed by atoms with van der Waals surface area (Å²) in [4.78, 5) is 7.40. The molecule has 0 saturated heterocycles. The maximum Gasteiger partial charge on any atom is 0.262 e. The molecule has 1 heterocycles. The SMILES string of the molecule is COc1cccc(-c2nc(S(=O)(=O)c3ccc(Cl)cc3)c([S+]([O-])CC3CC3)[nH]2)c1. The molecule has 0 spiro atoms. The molecule has 29 heavy (non-hydrogen) atoms. The van der Waals surface area contributed by atoms with Crippen LogP contribution in [0.25, 0.3) is 11.4 Å². The van der Waals surface area contributed by atoms with E-state index in [0.717, 1.165) is 12.8 Å². The number of methoxy groups -OCH3 is 1. The zero-order valence-corrected chi connectivity index (χ0v) is 18.0. The van der Waals surface area contributed by atoms with E-state index in [9.17, 15) is 13.0 Å². The van der Waals surface area contributed by atoms with Crippen molar-refractivity contribution in [3.8, 4) is 17.1 Å². The van der Waals surface area contributed by atoms with Crippen LogP contribution in [-0.4, -0.2) is 35.8 Å². The Morgan fingerprint density at radius 1 is 1.24 bits per heavy atom. The molecular weight excluding hydrogens is 432 g/mol. The molecule has 1 aliphatic carbocycles. The standard InChI is InChI=1S/C20H19ClN2O4S2/c1-27-16-4-2-3-14(11-16)18-22-19(28(24)12-13-5-6-13)20(23-18)29(25,26)17-9-7-15(21)8-10-17/h2-4,7-11,13H,5-6,12H2,1H3,(H,22,23). The fourth-order valence-corrected chi connectivity index (χ4v) is 6.23. The number of imidazole rings is 1. The summed E-state index contributed by atoms with van der Waals surface area (Å²) in [5, 5.41) is 0.349. The first kappa shape index (κ1) is 20.3. The van der Waals surface area contributed by atoms with Crippen LogP contribution in [-0.2, 0) is 21.0 Å². The van der Waals surface area contributed by atoms with Gasteiger partial charge in [0.1, 0.15) is 17.3 Å². The number of benzene rings is 2. The lowest BCUT2D eigenvalue weighted by Gasteiger charge is -2.09. The Balaban J connectivity index is 1.82. The molecule has 1 aliphatic rings. The van der Waals surface area contributed by atoms with Crippen molar-refractivity contribution in [3.05, 3.63) is 53.6 Å². The lowest BCUT2D eigenvalue weighted by atomic mass is 10.2. The molecule has 1 fully saturated rings. The van der Waals surface area contributed by atoms with E-state index in [0.29, 0.717) is 33.8 Å². The van der Waals surface area contributed by atoms with Crippen LogP contribution in [0.15, 0.2) is 63.5 Å². The fraction of sp³-hybridized carbons (Fsp3) is 0.250. The minimum absolute atomic E-state index is 0.0512. The predicted molar refractivity (Wildman–Crippen MR) is 111 cm³/mol. The Kier molecular flexibility index (Phi) is 5.61. The number of hydrogen-bond acceptors (Lipinski definition) is 5. The summed E-state index contributed by atoms with van der Waals surface area (Å²) in [7, 11) is -2.43. The van der Waals surface area contributed by atoms with Gasteiger partial charge in [-0.15, -0.1) is 0 Å². The highest BCUT2D eigenvalue weighted by Gasteiger charge is 2.36. The average Bonchev–Trinajstić information content (AvgIpc) is 3.41. The third-order valence-electron chi connectivity index (χ3n) is 4.67. The minimum atomic E-state index is -3.97. The molecule has 1 N–H and O–H groups in total. The number of ether oxygens (including phenoxy) is 1. The van der Waals surface area contributed by atoms with Crippen molar-refractivity contribution >= 4 is 32.6 Å². The molecule has 0 aliphatic heterocycles. The number of aromatic amines is 1. The Morgan fingerprint density at radius 3 is 2.62 bits per heavy atom. The Bertz CT molecular complexity index is 1130. The van der Waals surface area contributed by atoms with Crippen LogP contribution in [0.1, 0.15) is 12.8 Å². The molecule has 152 valence electrons. The fourth-order valence-electron chi connectivity index (χ4n) is 2.89. The van der Waals surface area contributed by atoms with Gasteiger partial charge in [0.05, 0.1) is 12.0 Å². The summed E-state index contributed by atoms with van der Waals surface area (Å²) < 4.78 is 44.7. The van der Waals surface area contributed by atoms with Crippen LogP contribution in [0.4, 0.5) is 0 Å². The van der Waals surface area contributed by atoms with E-state index in [1.807, 2.05) is 0 Å². The van der Waals surface area contributed by atoms with Gasteiger partial charge in [-0.3, -0.25) is 4.98 Å². The van der Waals surface area contributed by atoms with Gasteiger partial charge in [-0.2, -0.15) is 0 Å². The van der Waals surface area contributed by atoms with Gasteiger partial charge < -0.3 is 9.29 Å². The Hall–Kier alpha value is -2.00. The van der Waals surface area contributed by atoms with Gasteiger partial charge in [0.2, 0.25) is 14.9 Å². The largest absolute Gasteiger partial charge is 0.610 e. The molecule has 0 bridgehead atoms. The molecule has 6 nitrogen and oxygen atoms in total. The molecule has 9 heteroatoms. The van der Waals surface area contributed by atoms with Crippen LogP contribution < -0.4 is 4.74 Å². The van der Waals surface area contributed by atoms with Crippen molar-refractivity contribution in [3.63, 3.8) is 0 Å². The molecule has 1 saturated carbocycles. The van der Waals surface area contributed by atoms with Crippen LogP contribution in [0, 0.1) is 5.92 Å². The van der Waals surface area contributed by atoms with Gasteiger partial charge in [-0.05, 0) is 49.2 Å². The number of nitrogens with one attached hydrogen (secondary N) is 1.